The van der Waals surface area contributed by atoms with E-state index in [2.05, 4.69) is 4.74 Å². The van der Waals surface area contributed by atoms with Crippen molar-refractivity contribution in [2.24, 2.45) is 5.92 Å². The van der Waals surface area contributed by atoms with E-state index >= 15 is 0 Å². The molecule has 1 atom stereocenters. The van der Waals surface area contributed by atoms with E-state index in [4.69, 9.17) is 4.74 Å². The Morgan fingerprint density at radius 2 is 2.04 bits per heavy atom. The summed E-state index contributed by atoms with van der Waals surface area (Å²) in [5, 5.41) is 18.6. The fourth-order valence-corrected chi connectivity index (χ4v) is 3.32. The van der Waals surface area contributed by atoms with Gasteiger partial charge in [0.25, 0.3) is 0 Å². The second-order valence-electron chi connectivity index (χ2n) is 4.68. The summed E-state index contributed by atoms with van der Waals surface area (Å²) < 4.78 is 9.59. The van der Waals surface area contributed by atoms with Crippen LogP contribution in [0.3, 0.4) is 0 Å². The van der Waals surface area contributed by atoms with E-state index in [1.165, 1.54) is 18.9 Å². The highest BCUT2D eigenvalue weighted by molar-refractivity contribution is 8.02. The Morgan fingerprint density at radius 3 is 2.52 bits per heavy atom. The number of carbonyl (C=O) groups is 2. The number of ether oxygens (including phenoxy) is 2. The average Bonchev–Trinajstić information content (AvgIpc) is 3.01. The second-order valence-corrected chi connectivity index (χ2v) is 5.50. The van der Waals surface area contributed by atoms with Crippen LogP contribution in [0.15, 0.2) is 21.6 Å². The van der Waals surface area contributed by atoms with E-state index in [1.807, 2.05) is 12.1 Å². The third-order valence-corrected chi connectivity index (χ3v) is 4.33. The van der Waals surface area contributed by atoms with Crippen molar-refractivity contribution in [2.45, 2.75) is 26.2 Å². The van der Waals surface area contributed by atoms with Crippen molar-refractivity contribution in [1.29, 1.82) is 10.5 Å². The van der Waals surface area contributed by atoms with E-state index in [0.29, 0.717) is 28.9 Å². The number of thioether (sulfide) groups is 1. The number of nitrogens with zero attached hydrogens (tertiary/aromatic N) is 2. The zero-order valence-electron chi connectivity index (χ0n) is 13.3. The summed E-state index contributed by atoms with van der Waals surface area (Å²) in [6, 6.07) is 3.84. The van der Waals surface area contributed by atoms with E-state index in [-0.39, 0.29) is 12.2 Å². The molecule has 0 fully saturated rings. The minimum Gasteiger partial charge on any atom is -0.465 e. The van der Waals surface area contributed by atoms with Crippen LogP contribution in [-0.2, 0) is 19.1 Å². The first-order chi connectivity index (χ1) is 11.0. The van der Waals surface area contributed by atoms with Gasteiger partial charge in [0.15, 0.2) is 11.5 Å². The quantitative estimate of drug-likeness (QED) is 0.418. The molecule has 1 aliphatic rings. The monoisotopic (exact) mass is 334 g/mol. The van der Waals surface area contributed by atoms with Gasteiger partial charge in [-0.15, -0.1) is 11.8 Å². The lowest BCUT2D eigenvalue weighted by Gasteiger charge is -2.14. The highest BCUT2D eigenvalue weighted by atomic mass is 32.2. The first-order valence-electron chi connectivity index (χ1n) is 7.10. The van der Waals surface area contributed by atoms with E-state index in [9.17, 15) is 20.1 Å². The Balaban J connectivity index is 3.43. The first kappa shape index (κ1) is 18.8. The van der Waals surface area contributed by atoms with Crippen LogP contribution in [-0.4, -0.2) is 31.9 Å². The molecule has 23 heavy (non-hydrogen) atoms. The number of nitriles is 2. The van der Waals surface area contributed by atoms with Gasteiger partial charge in [0.2, 0.25) is 0 Å². The number of carbonyl (C=O) groups excluding carboxylic acids is 2. The average molecular weight is 334 g/mol. The number of esters is 2. The molecule has 0 N–H and O–H groups in total. The zero-order chi connectivity index (χ0) is 17.4. The van der Waals surface area contributed by atoms with Crippen LogP contribution < -0.4 is 0 Å². The summed E-state index contributed by atoms with van der Waals surface area (Å²) in [6.07, 6.45) is 3.66. The van der Waals surface area contributed by atoms with E-state index in [0.717, 1.165) is 6.42 Å². The van der Waals surface area contributed by atoms with Crippen molar-refractivity contribution in [1.82, 2.24) is 0 Å². The van der Waals surface area contributed by atoms with Gasteiger partial charge in [0.05, 0.1) is 19.8 Å². The fraction of sp³-hybridized carbons (Fsp3) is 0.500. The number of methoxy groups -OCH3 is 1. The Bertz CT molecular complexity index is 637. The number of hydrogen-bond acceptors (Lipinski definition) is 7. The predicted octanol–water partition coefficient (Wildman–Crippen LogP) is 2.48. The van der Waals surface area contributed by atoms with Crippen LogP contribution in [0, 0.1) is 28.6 Å². The molecule has 0 saturated carbocycles. The highest BCUT2D eigenvalue weighted by Gasteiger charge is 2.32. The lowest BCUT2D eigenvalue weighted by atomic mass is 9.95. The van der Waals surface area contributed by atoms with Gasteiger partial charge in [0, 0.05) is 4.91 Å². The molecule has 0 bridgehead atoms. The summed E-state index contributed by atoms with van der Waals surface area (Å²) in [4.78, 5) is 24.2. The molecule has 0 aromatic heterocycles. The molecule has 0 aliphatic heterocycles. The van der Waals surface area contributed by atoms with Crippen LogP contribution in [0.5, 0.6) is 0 Å². The van der Waals surface area contributed by atoms with Gasteiger partial charge in [-0.25, -0.2) is 4.79 Å². The molecule has 0 spiro atoms. The Labute approximate surface area is 139 Å². The minimum absolute atomic E-state index is 0.102. The van der Waals surface area contributed by atoms with Gasteiger partial charge < -0.3 is 9.47 Å². The molecular formula is C16H18N2O4S. The van der Waals surface area contributed by atoms with Gasteiger partial charge in [-0.3, -0.25) is 4.79 Å². The fourth-order valence-electron chi connectivity index (χ4n) is 2.51. The van der Waals surface area contributed by atoms with Crippen molar-refractivity contribution in [3.05, 3.63) is 21.6 Å². The molecule has 0 saturated heterocycles. The molecule has 122 valence electrons. The van der Waals surface area contributed by atoms with Gasteiger partial charge in [0.1, 0.15) is 6.07 Å². The maximum absolute atomic E-state index is 12.0. The maximum Gasteiger partial charge on any atom is 0.349 e. The molecule has 1 aliphatic carbocycles. The molecule has 1 unspecified atom stereocenters. The maximum atomic E-state index is 12.0. The molecule has 6 nitrogen and oxygen atoms in total. The van der Waals surface area contributed by atoms with Gasteiger partial charge in [-0.05, 0) is 43.6 Å². The van der Waals surface area contributed by atoms with Crippen molar-refractivity contribution in [3.63, 3.8) is 0 Å². The largest absolute Gasteiger partial charge is 0.465 e. The molecule has 0 heterocycles. The second kappa shape index (κ2) is 9.02. The van der Waals surface area contributed by atoms with Crippen LogP contribution in [0.2, 0.25) is 0 Å². The van der Waals surface area contributed by atoms with Gasteiger partial charge in [-0.1, -0.05) is 0 Å². The van der Waals surface area contributed by atoms with Gasteiger partial charge >= 0.3 is 11.9 Å². The third-order valence-electron chi connectivity index (χ3n) is 3.47. The normalized spacial score (nSPS) is 16.0. The molecule has 1 rings (SSSR count). The Morgan fingerprint density at radius 1 is 1.35 bits per heavy atom. The molecule has 0 aromatic carbocycles. The smallest absolute Gasteiger partial charge is 0.349 e. The summed E-state index contributed by atoms with van der Waals surface area (Å²) in [6.45, 7) is 1.87. The number of allylic oxidation sites excluding steroid dienone is 1. The molecule has 0 radical (unpaired) electrons. The van der Waals surface area contributed by atoms with Gasteiger partial charge in [-0.2, -0.15) is 10.5 Å². The lowest BCUT2D eigenvalue weighted by Crippen LogP contribution is -2.19. The molecular weight excluding hydrogens is 316 g/mol. The minimum atomic E-state index is -1.01. The third kappa shape index (κ3) is 4.14. The van der Waals surface area contributed by atoms with Crippen molar-refractivity contribution >= 4 is 23.7 Å². The first-order valence-corrected chi connectivity index (χ1v) is 8.33. The summed E-state index contributed by atoms with van der Waals surface area (Å²) in [5.41, 5.74) is 1.24. The number of hydrogen-bond donors (Lipinski definition) is 0. The van der Waals surface area contributed by atoms with E-state index in [1.54, 1.807) is 13.2 Å². The van der Waals surface area contributed by atoms with Crippen LogP contribution in [0.1, 0.15) is 26.2 Å². The standard InChI is InChI=1S/C16H18N2O4S/c1-4-22-16(20)12(8-17)10-6-5-7-11(10)14(23-3)13(9-18)15(19)21-2/h12H,4-7H2,1-3H3/b14-13+. The lowest BCUT2D eigenvalue weighted by molar-refractivity contribution is -0.144. The van der Waals surface area contributed by atoms with Crippen LogP contribution in [0.4, 0.5) is 0 Å². The zero-order valence-corrected chi connectivity index (χ0v) is 14.2. The van der Waals surface area contributed by atoms with Crippen molar-refractivity contribution in [2.75, 3.05) is 20.0 Å². The molecule has 0 aromatic rings. The van der Waals surface area contributed by atoms with Crippen molar-refractivity contribution < 1.29 is 19.1 Å². The number of rotatable bonds is 6. The summed E-state index contributed by atoms with van der Waals surface area (Å²) in [7, 11) is 1.21. The topological polar surface area (TPSA) is 100 Å². The SMILES string of the molecule is CCOC(=O)C(C#N)C1=C(/C(SC)=C(/C#N)C(=O)OC)CCC1. The van der Waals surface area contributed by atoms with Crippen molar-refractivity contribution in [3.8, 4) is 12.1 Å². The van der Waals surface area contributed by atoms with Crippen LogP contribution >= 0.6 is 11.8 Å². The summed E-state index contributed by atoms with van der Waals surface area (Å²) in [5.74, 6) is -2.33. The Kier molecular flexibility index (Phi) is 7.37. The Hall–Kier alpha value is -2.25. The summed E-state index contributed by atoms with van der Waals surface area (Å²) >= 11 is 1.24. The molecule has 7 heteroatoms. The predicted molar refractivity (Wildman–Crippen MR) is 84.8 cm³/mol. The highest BCUT2D eigenvalue weighted by Crippen LogP contribution is 2.41. The van der Waals surface area contributed by atoms with E-state index < -0.39 is 17.9 Å². The van der Waals surface area contributed by atoms with Crippen LogP contribution in [0.25, 0.3) is 0 Å². The molecule has 0 amide bonds.